The molecule has 0 heterocycles. The van der Waals surface area contributed by atoms with E-state index >= 15 is 0 Å². The first-order valence-corrected chi connectivity index (χ1v) is 5.72. The predicted octanol–water partition coefficient (Wildman–Crippen LogP) is 1.48. The van der Waals surface area contributed by atoms with Crippen LogP contribution < -0.4 is 5.32 Å². The number of carbonyl (C=O) groups is 1. The highest BCUT2D eigenvalue weighted by molar-refractivity contribution is 5.98. The van der Waals surface area contributed by atoms with E-state index in [4.69, 9.17) is 5.11 Å². The van der Waals surface area contributed by atoms with Crippen LogP contribution in [0.25, 0.3) is 0 Å². The second kappa shape index (κ2) is 6.24. The van der Waals surface area contributed by atoms with Gasteiger partial charge in [0.05, 0.1) is 11.0 Å². The highest BCUT2D eigenvalue weighted by atomic mass is 19.1. The Balaban J connectivity index is 2.97. The van der Waals surface area contributed by atoms with E-state index in [0.29, 0.717) is 6.07 Å². The Bertz CT molecular complexity index is 493. The van der Waals surface area contributed by atoms with Crippen molar-refractivity contribution in [3.8, 4) is 0 Å². The van der Waals surface area contributed by atoms with Crippen molar-refractivity contribution in [2.75, 3.05) is 6.61 Å². The Morgan fingerprint density at radius 3 is 2.68 bits per heavy atom. The molecule has 0 aliphatic rings. The zero-order valence-electron chi connectivity index (χ0n) is 10.6. The third-order valence-electron chi connectivity index (χ3n) is 2.90. The number of benzene rings is 1. The maximum atomic E-state index is 12.9. The van der Waals surface area contributed by atoms with Crippen LogP contribution in [-0.4, -0.2) is 28.6 Å². The molecule has 0 saturated carbocycles. The lowest BCUT2D eigenvalue weighted by Crippen LogP contribution is -2.38. The van der Waals surface area contributed by atoms with Crippen LogP contribution in [-0.2, 0) is 0 Å². The maximum absolute atomic E-state index is 12.9. The fourth-order valence-corrected chi connectivity index (χ4v) is 1.43. The van der Waals surface area contributed by atoms with Crippen LogP contribution in [0.2, 0.25) is 0 Å². The summed E-state index contributed by atoms with van der Waals surface area (Å²) in [5.74, 6) is -1.64. The number of nitrogens with zero attached hydrogens (tertiary/aromatic N) is 1. The smallest absolute Gasteiger partial charge is 0.285 e. The lowest BCUT2D eigenvalue weighted by atomic mass is 10.0. The number of nitro benzene ring substituents is 1. The number of halogens is 1. The van der Waals surface area contributed by atoms with Crippen LogP contribution in [0.5, 0.6) is 0 Å². The highest BCUT2D eigenvalue weighted by Gasteiger charge is 2.23. The van der Waals surface area contributed by atoms with Gasteiger partial charge < -0.3 is 10.4 Å². The van der Waals surface area contributed by atoms with Gasteiger partial charge in [0.1, 0.15) is 11.4 Å². The summed E-state index contributed by atoms with van der Waals surface area (Å²) in [4.78, 5) is 21.9. The van der Waals surface area contributed by atoms with Gasteiger partial charge in [-0.2, -0.15) is 0 Å². The van der Waals surface area contributed by atoms with Gasteiger partial charge in [-0.1, -0.05) is 6.92 Å². The molecular weight excluding hydrogens is 255 g/mol. The van der Waals surface area contributed by atoms with Crippen LogP contribution in [0.4, 0.5) is 10.1 Å². The fraction of sp³-hybridized carbons (Fsp3) is 0.417. The number of aliphatic hydroxyl groups is 1. The molecule has 0 aromatic heterocycles. The molecule has 2 atom stereocenters. The Hall–Kier alpha value is -2.02. The molecule has 0 aliphatic carbocycles. The lowest BCUT2D eigenvalue weighted by Gasteiger charge is -2.19. The van der Waals surface area contributed by atoms with Crippen molar-refractivity contribution in [3.63, 3.8) is 0 Å². The van der Waals surface area contributed by atoms with Crippen molar-refractivity contribution in [3.05, 3.63) is 39.7 Å². The van der Waals surface area contributed by atoms with E-state index in [1.165, 1.54) is 0 Å². The lowest BCUT2D eigenvalue weighted by molar-refractivity contribution is -0.385. The van der Waals surface area contributed by atoms with Gasteiger partial charge in [-0.3, -0.25) is 14.9 Å². The van der Waals surface area contributed by atoms with Gasteiger partial charge in [0.25, 0.3) is 11.6 Å². The van der Waals surface area contributed by atoms with E-state index in [1.54, 1.807) is 13.8 Å². The van der Waals surface area contributed by atoms with Crippen molar-refractivity contribution in [1.82, 2.24) is 5.32 Å². The van der Waals surface area contributed by atoms with Gasteiger partial charge in [0.2, 0.25) is 0 Å². The van der Waals surface area contributed by atoms with E-state index in [9.17, 15) is 19.3 Å². The molecule has 7 heteroatoms. The Kier molecular flexibility index (Phi) is 4.94. The second-order valence-electron chi connectivity index (χ2n) is 4.34. The summed E-state index contributed by atoms with van der Waals surface area (Å²) < 4.78 is 12.9. The van der Waals surface area contributed by atoms with Crippen LogP contribution in [0.15, 0.2) is 18.2 Å². The minimum absolute atomic E-state index is 0.118. The molecule has 0 spiro atoms. The number of hydrogen-bond acceptors (Lipinski definition) is 4. The molecule has 1 aromatic carbocycles. The summed E-state index contributed by atoms with van der Waals surface area (Å²) >= 11 is 0. The van der Waals surface area contributed by atoms with E-state index in [0.717, 1.165) is 12.1 Å². The second-order valence-corrected chi connectivity index (χ2v) is 4.34. The Labute approximate surface area is 109 Å². The quantitative estimate of drug-likeness (QED) is 0.626. The van der Waals surface area contributed by atoms with E-state index in [1.807, 2.05) is 0 Å². The van der Waals surface area contributed by atoms with Gasteiger partial charge in [-0.05, 0) is 25.0 Å². The summed E-state index contributed by atoms with van der Waals surface area (Å²) in [6.45, 7) is 3.28. The minimum Gasteiger partial charge on any atom is -0.396 e. The molecular formula is C12H15FN2O4. The highest BCUT2D eigenvalue weighted by Crippen LogP contribution is 2.20. The van der Waals surface area contributed by atoms with Gasteiger partial charge in [0.15, 0.2) is 0 Å². The third-order valence-corrected chi connectivity index (χ3v) is 2.90. The number of hydrogen-bond donors (Lipinski definition) is 2. The van der Waals surface area contributed by atoms with Gasteiger partial charge in [-0.15, -0.1) is 0 Å². The molecule has 2 N–H and O–H groups in total. The molecule has 2 unspecified atom stereocenters. The van der Waals surface area contributed by atoms with Crippen molar-refractivity contribution >= 4 is 11.6 Å². The van der Waals surface area contributed by atoms with E-state index in [2.05, 4.69) is 5.32 Å². The standard InChI is InChI=1S/C12H15FN2O4/c1-7(6-16)8(2)14-12(17)10-4-3-9(13)5-11(10)15(18)19/h3-5,7-8,16H,6H2,1-2H3,(H,14,17). The Morgan fingerprint density at radius 1 is 1.53 bits per heavy atom. The largest absolute Gasteiger partial charge is 0.396 e. The van der Waals surface area contributed by atoms with Crippen LogP contribution >= 0.6 is 0 Å². The summed E-state index contributed by atoms with van der Waals surface area (Å²) in [5, 5.41) is 22.3. The molecule has 104 valence electrons. The SMILES string of the molecule is CC(CO)C(C)NC(=O)c1ccc(F)cc1[N+](=O)[O-]. The predicted molar refractivity (Wildman–Crippen MR) is 66.2 cm³/mol. The number of carbonyl (C=O) groups excluding carboxylic acids is 1. The van der Waals surface area contributed by atoms with Crippen molar-refractivity contribution in [2.24, 2.45) is 5.92 Å². The topological polar surface area (TPSA) is 92.5 Å². The van der Waals surface area contributed by atoms with E-state index < -0.39 is 22.3 Å². The summed E-state index contributed by atoms with van der Waals surface area (Å²) in [7, 11) is 0. The molecule has 1 amide bonds. The fourth-order valence-electron chi connectivity index (χ4n) is 1.43. The maximum Gasteiger partial charge on any atom is 0.285 e. The van der Waals surface area contributed by atoms with Gasteiger partial charge in [-0.25, -0.2) is 4.39 Å². The van der Waals surface area contributed by atoms with E-state index in [-0.39, 0.29) is 24.1 Å². The molecule has 0 fully saturated rings. The summed E-state index contributed by atoms with van der Waals surface area (Å²) in [5.41, 5.74) is -0.787. The van der Waals surface area contributed by atoms with Gasteiger partial charge >= 0.3 is 0 Å². The van der Waals surface area contributed by atoms with Crippen LogP contribution in [0.1, 0.15) is 24.2 Å². The average molecular weight is 270 g/mol. The van der Waals surface area contributed by atoms with Crippen molar-refractivity contribution in [2.45, 2.75) is 19.9 Å². The molecule has 19 heavy (non-hydrogen) atoms. The monoisotopic (exact) mass is 270 g/mol. The van der Waals surface area contributed by atoms with Crippen molar-refractivity contribution in [1.29, 1.82) is 0 Å². The normalized spacial score (nSPS) is 13.7. The molecule has 1 rings (SSSR count). The molecule has 6 nitrogen and oxygen atoms in total. The van der Waals surface area contributed by atoms with Crippen molar-refractivity contribution < 1.29 is 19.2 Å². The molecule has 0 bridgehead atoms. The number of rotatable bonds is 5. The van der Waals surface area contributed by atoms with Crippen LogP contribution in [0, 0.1) is 21.8 Å². The first-order valence-electron chi connectivity index (χ1n) is 5.72. The average Bonchev–Trinajstić information content (AvgIpc) is 2.37. The Morgan fingerprint density at radius 2 is 2.16 bits per heavy atom. The number of nitrogens with one attached hydrogen (secondary N) is 1. The zero-order valence-corrected chi connectivity index (χ0v) is 10.6. The molecule has 0 aliphatic heterocycles. The zero-order chi connectivity index (χ0) is 14.6. The molecule has 0 radical (unpaired) electrons. The first-order chi connectivity index (χ1) is 8.86. The first kappa shape index (κ1) is 15.0. The number of amides is 1. The summed E-state index contributed by atoms with van der Waals surface area (Å²) in [6, 6.07) is 2.40. The van der Waals surface area contributed by atoms with Gasteiger partial charge in [0, 0.05) is 12.6 Å². The molecule has 0 saturated heterocycles. The molecule has 1 aromatic rings. The van der Waals surface area contributed by atoms with Crippen LogP contribution in [0.3, 0.4) is 0 Å². The summed E-state index contributed by atoms with van der Waals surface area (Å²) in [6.07, 6.45) is 0. The third kappa shape index (κ3) is 3.72. The minimum atomic E-state index is -0.807. The number of aliphatic hydroxyl groups excluding tert-OH is 1. The number of nitro groups is 1.